The van der Waals surface area contributed by atoms with Crippen LogP contribution in [0.15, 0.2) is 47.6 Å². The molecule has 0 unspecified atom stereocenters. The van der Waals surface area contributed by atoms with Crippen molar-refractivity contribution >= 4 is 23.9 Å². The molecular formula is C11H10ClNO. The van der Waals surface area contributed by atoms with Crippen molar-refractivity contribution in [3.63, 3.8) is 0 Å². The van der Waals surface area contributed by atoms with Gasteiger partial charge in [0.25, 0.3) is 0 Å². The molecule has 0 aliphatic rings. The SMILES string of the molecule is O/N=C/C=C\C=C\c1ccccc1Cl. The van der Waals surface area contributed by atoms with E-state index in [1.165, 1.54) is 6.21 Å². The summed E-state index contributed by atoms with van der Waals surface area (Å²) in [7, 11) is 0. The summed E-state index contributed by atoms with van der Waals surface area (Å²) in [4.78, 5) is 0. The maximum Gasteiger partial charge on any atom is 0.0661 e. The molecule has 72 valence electrons. The van der Waals surface area contributed by atoms with E-state index in [4.69, 9.17) is 16.8 Å². The van der Waals surface area contributed by atoms with Crippen molar-refractivity contribution in [1.29, 1.82) is 0 Å². The van der Waals surface area contributed by atoms with Crippen LogP contribution in [-0.2, 0) is 0 Å². The molecular weight excluding hydrogens is 198 g/mol. The molecule has 1 aromatic carbocycles. The van der Waals surface area contributed by atoms with E-state index in [2.05, 4.69) is 5.16 Å². The zero-order valence-electron chi connectivity index (χ0n) is 7.47. The highest BCUT2D eigenvalue weighted by atomic mass is 35.5. The van der Waals surface area contributed by atoms with Crippen molar-refractivity contribution in [2.75, 3.05) is 0 Å². The van der Waals surface area contributed by atoms with Gasteiger partial charge in [-0.1, -0.05) is 53.2 Å². The Hall–Kier alpha value is -1.54. The van der Waals surface area contributed by atoms with E-state index in [1.807, 2.05) is 36.4 Å². The van der Waals surface area contributed by atoms with Crippen LogP contribution < -0.4 is 0 Å². The molecule has 0 saturated heterocycles. The van der Waals surface area contributed by atoms with Crippen molar-refractivity contribution in [2.45, 2.75) is 0 Å². The fourth-order valence-electron chi connectivity index (χ4n) is 0.922. The second-order valence-electron chi connectivity index (χ2n) is 2.53. The molecule has 0 radical (unpaired) electrons. The Morgan fingerprint density at radius 2 is 1.93 bits per heavy atom. The molecule has 0 bridgehead atoms. The Morgan fingerprint density at radius 3 is 2.64 bits per heavy atom. The molecule has 1 N–H and O–H groups in total. The molecule has 0 spiro atoms. The van der Waals surface area contributed by atoms with E-state index in [9.17, 15) is 0 Å². The highest BCUT2D eigenvalue weighted by Gasteiger charge is 1.90. The van der Waals surface area contributed by atoms with E-state index in [0.29, 0.717) is 5.02 Å². The third kappa shape index (κ3) is 3.46. The van der Waals surface area contributed by atoms with Crippen LogP contribution in [0, 0.1) is 0 Å². The van der Waals surface area contributed by atoms with Crippen LogP contribution in [0.3, 0.4) is 0 Å². The second-order valence-corrected chi connectivity index (χ2v) is 2.94. The molecule has 0 aliphatic carbocycles. The normalized spacial score (nSPS) is 12.1. The monoisotopic (exact) mass is 207 g/mol. The van der Waals surface area contributed by atoms with Gasteiger partial charge in [0, 0.05) is 5.02 Å². The van der Waals surface area contributed by atoms with E-state index in [1.54, 1.807) is 12.2 Å². The highest BCUT2D eigenvalue weighted by Crippen LogP contribution is 2.15. The average molecular weight is 208 g/mol. The van der Waals surface area contributed by atoms with Gasteiger partial charge in [-0.2, -0.15) is 0 Å². The van der Waals surface area contributed by atoms with Crippen LogP contribution in [0.5, 0.6) is 0 Å². The van der Waals surface area contributed by atoms with E-state index in [0.717, 1.165) is 5.56 Å². The van der Waals surface area contributed by atoms with Gasteiger partial charge < -0.3 is 5.21 Å². The van der Waals surface area contributed by atoms with Crippen LogP contribution >= 0.6 is 11.6 Å². The van der Waals surface area contributed by atoms with E-state index >= 15 is 0 Å². The Kier molecular flexibility index (Phi) is 4.51. The molecule has 0 amide bonds. The summed E-state index contributed by atoms with van der Waals surface area (Å²) in [5.74, 6) is 0. The Morgan fingerprint density at radius 1 is 1.14 bits per heavy atom. The first-order valence-electron chi connectivity index (χ1n) is 4.10. The van der Waals surface area contributed by atoms with E-state index < -0.39 is 0 Å². The number of oxime groups is 1. The van der Waals surface area contributed by atoms with Gasteiger partial charge in [0.2, 0.25) is 0 Å². The zero-order chi connectivity index (χ0) is 10.2. The van der Waals surface area contributed by atoms with E-state index in [-0.39, 0.29) is 0 Å². The first-order valence-corrected chi connectivity index (χ1v) is 4.47. The van der Waals surface area contributed by atoms with Gasteiger partial charge in [-0.25, -0.2) is 0 Å². The van der Waals surface area contributed by atoms with Crippen molar-refractivity contribution < 1.29 is 5.21 Å². The van der Waals surface area contributed by atoms with Crippen molar-refractivity contribution in [3.05, 3.63) is 53.1 Å². The largest absolute Gasteiger partial charge is 0.411 e. The first-order chi connectivity index (χ1) is 6.84. The van der Waals surface area contributed by atoms with Gasteiger partial charge >= 0.3 is 0 Å². The molecule has 3 heteroatoms. The molecule has 1 rings (SSSR count). The Bertz CT molecular complexity index is 369. The predicted octanol–water partition coefficient (Wildman–Crippen LogP) is 3.37. The molecule has 0 aliphatic heterocycles. The van der Waals surface area contributed by atoms with Gasteiger partial charge in [0.1, 0.15) is 0 Å². The van der Waals surface area contributed by atoms with Gasteiger partial charge in [0.15, 0.2) is 0 Å². The molecule has 0 aromatic heterocycles. The second kappa shape index (κ2) is 6.00. The average Bonchev–Trinajstić information content (AvgIpc) is 2.20. The number of allylic oxidation sites excluding steroid dienone is 3. The van der Waals surface area contributed by atoms with Crippen molar-refractivity contribution in [2.24, 2.45) is 5.16 Å². The predicted molar refractivity (Wildman–Crippen MR) is 59.9 cm³/mol. The zero-order valence-corrected chi connectivity index (χ0v) is 8.22. The van der Waals surface area contributed by atoms with Gasteiger partial charge in [-0.15, -0.1) is 0 Å². The summed E-state index contributed by atoms with van der Waals surface area (Å²) < 4.78 is 0. The number of hydrogen-bond acceptors (Lipinski definition) is 2. The summed E-state index contributed by atoms with van der Waals surface area (Å²) in [6, 6.07) is 7.56. The summed E-state index contributed by atoms with van der Waals surface area (Å²) in [6.45, 7) is 0. The molecule has 2 nitrogen and oxygen atoms in total. The summed E-state index contributed by atoms with van der Waals surface area (Å²) in [5, 5.41) is 11.6. The lowest BCUT2D eigenvalue weighted by atomic mass is 10.2. The molecule has 0 fully saturated rings. The minimum absolute atomic E-state index is 0.716. The van der Waals surface area contributed by atoms with Crippen molar-refractivity contribution in [3.8, 4) is 0 Å². The lowest BCUT2D eigenvalue weighted by Gasteiger charge is -1.94. The third-order valence-corrected chi connectivity index (χ3v) is 1.90. The summed E-state index contributed by atoms with van der Waals surface area (Å²) in [5.41, 5.74) is 0.958. The molecule has 0 heterocycles. The number of rotatable bonds is 3. The first kappa shape index (κ1) is 10.5. The number of halogens is 1. The molecule has 14 heavy (non-hydrogen) atoms. The lowest BCUT2D eigenvalue weighted by Crippen LogP contribution is -1.71. The smallest absolute Gasteiger partial charge is 0.0661 e. The van der Waals surface area contributed by atoms with Gasteiger partial charge in [-0.3, -0.25) is 0 Å². The standard InChI is InChI=1S/C11H10ClNO/c12-11-8-4-3-7-10(11)6-2-1-5-9-13-14/h1-9,14H/b5-1-,6-2+,13-9+. The van der Waals surface area contributed by atoms with Gasteiger partial charge in [-0.05, 0) is 17.7 Å². The maximum absolute atomic E-state index is 8.10. The quantitative estimate of drug-likeness (QED) is 0.351. The Balaban J connectivity index is 2.65. The van der Waals surface area contributed by atoms with Crippen molar-refractivity contribution in [1.82, 2.24) is 0 Å². The third-order valence-electron chi connectivity index (χ3n) is 1.56. The lowest BCUT2D eigenvalue weighted by molar-refractivity contribution is 0.322. The van der Waals surface area contributed by atoms with Gasteiger partial charge in [0.05, 0.1) is 6.21 Å². The van der Waals surface area contributed by atoms with Crippen LogP contribution in [0.2, 0.25) is 5.02 Å². The fraction of sp³-hybridized carbons (Fsp3) is 0. The highest BCUT2D eigenvalue weighted by molar-refractivity contribution is 6.32. The summed E-state index contributed by atoms with van der Waals surface area (Å²) >= 11 is 5.92. The fourth-order valence-corrected chi connectivity index (χ4v) is 1.12. The molecule has 0 saturated carbocycles. The number of benzene rings is 1. The minimum Gasteiger partial charge on any atom is -0.411 e. The maximum atomic E-state index is 8.10. The van der Waals surface area contributed by atoms with Crippen LogP contribution in [0.1, 0.15) is 5.56 Å². The topological polar surface area (TPSA) is 32.6 Å². The Labute approximate surface area is 87.8 Å². The van der Waals surface area contributed by atoms with Crippen LogP contribution in [-0.4, -0.2) is 11.4 Å². The molecule has 1 aromatic rings. The number of nitrogens with zero attached hydrogens (tertiary/aromatic N) is 1. The summed E-state index contributed by atoms with van der Waals surface area (Å²) in [6.07, 6.45) is 8.36. The van der Waals surface area contributed by atoms with Crippen LogP contribution in [0.25, 0.3) is 6.08 Å². The van der Waals surface area contributed by atoms with Crippen LogP contribution in [0.4, 0.5) is 0 Å². The molecule has 0 atom stereocenters. The number of hydrogen-bond donors (Lipinski definition) is 1. The minimum atomic E-state index is 0.716.